The smallest absolute Gasteiger partial charge is 0.258 e. The molecule has 2 heterocycles. The summed E-state index contributed by atoms with van der Waals surface area (Å²) in [6, 6.07) is 21.3. The molecule has 8 nitrogen and oxygen atoms in total. The van der Waals surface area contributed by atoms with Crippen molar-refractivity contribution in [2.75, 3.05) is 5.32 Å². The van der Waals surface area contributed by atoms with Crippen molar-refractivity contribution in [3.8, 4) is 11.3 Å². The van der Waals surface area contributed by atoms with Gasteiger partial charge < -0.3 is 10.1 Å². The van der Waals surface area contributed by atoms with Crippen LogP contribution in [0.4, 0.5) is 10.1 Å². The summed E-state index contributed by atoms with van der Waals surface area (Å²) in [7, 11) is 0. The normalized spacial score (nSPS) is 11.0. The molecular weight excluding hydrogens is 435 g/mol. The Morgan fingerprint density at radius 1 is 0.912 bits per heavy atom. The van der Waals surface area contributed by atoms with E-state index in [2.05, 4.69) is 30.7 Å². The highest BCUT2D eigenvalue weighted by molar-refractivity contribution is 6.05. The minimum absolute atomic E-state index is 0.102. The summed E-state index contributed by atoms with van der Waals surface area (Å²) in [5.74, 6) is -1.20. The third-order valence-corrected chi connectivity index (χ3v) is 5.15. The molecule has 0 bridgehead atoms. The van der Waals surface area contributed by atoms with Crippen LogP contribution in [0, 0.1) is 5.82 Å². The first-order chi connectivity index (χ1) is 16.7. The summed E-state index contributed by atoms with van der Waals surface area (Å²) in [6.45, 7) is 0.958. The zero-order valence-electron chi connectivity index (χ0n) is 17.9. The topological polar surface area (TPSA) is 106 Å². The molecule has 9 heteroatoms. The molecule has 0 saturated heterocycles. The standard InChI is InChI=1S/C25H19FN6O2/c26-21-11-8-18(22-13-27-23-24(29-22)31-32-30-23)12-20(21)25(33)28-19-9-6-17(7-10-19)15-34-14-16-4-2-1-3-5-16/h1-13H,14-15H2,(H,28,33)(H,27,29,30,31,32). The Kier molecular flexibility index (Phi) is 6.00. The monoisotopic (exact) mass is 454 g/mol. The van der Waals surface area contributed by atoms with Gasteiger partial charge in [-0.2, -0.15) is 5.21 Å². The number of hydrogen-bond donors (Lipinski definition) is 2. The van der Waals surface area contributed by atoms with Crippen molar-refractivity contribution >= 4 is 22.9 Å². The number of amides is 1. The van der Waals surface area contributed by atoms with Gasteiger partial charge in [-0.3, -0.25) is 4.79 Å². The Morgan fingerprint density at radius 2 is 1.65 bits per heavy atom. The Balaban J connectivity index is 1.25. The molecule has 0 saturated carbocycles. The minimum atomic E-state index is -0.636. The Hall–Kier alpha value is -4.50. The van der Waals surface area contributed by atoms with Gasteiger partial charge in [0, 0.05) is 11.3 Å². The van der Waals surface area contributed by atoms with Crippen molar-refractivity contribution in [2.45, 2.75) is 13.2 Å². The summed E-state index contributed by atoms with van der Waals surface area (Å²) >= 11 is 0. The van der Waals surface area contributed by atoms with Crippen LogP contribution in [0.3, 0.4) is 0 Å². The number of nitrogens with one attached hydrogen (secondary N) is 2. The Labute approximate surface area is 193 Å². The van der Waals surface area contributed by atoms with Crippen LogP contribution in [0.2, 0.25) is 0 Å². The number of rotatable bonds is 7. The van der Waals surface area contributed by atoms with E-state index in [4.69, 9.17) is 4.74 Å². The van der Waals surface area contributed by atoms with Gasteiger partial charge >= 0.3 is 0 Å². The second-order valence-electron chi connectivity index (χ2n) is 7.55. The third-order valence-electron chi connectivity index (χ3n) is 5.15. The van der Waals surface area contributed by atoms with Crippen LogP contribution in [0.1, 0.15) is 21.5 Å². The van der Waals surface area contributed by atoms with Gasteiger partial charge in [0.2, 0.25) is 11.3 Å². The molecule has 34 heavy (non-hydrogen) atoms. The summed E-state index contributed by atoms with van der Waals surface area (Å²) < 4.78 is 20.2. The van der Waals surface area contributed by atoms with Crippen molar-refractivity contribution in [1.82, 2.24) is 25.4 Å². The lowest BCUT2D eigenvalue weighted by molar-refractivity contribution is 0.102. The van der Waals surface area contributed by atoms with E-state index in [1.807, 2.05) is 42.5 Å². The number of nitrogens with zero attached hydrogens (tertiary/aromatic N) is 4. The minimum Gasteiger partial charge on any atom is -0.372 e. The number of aromatic amines is 1. The molecule has 0 radical (unpaired) electrons. The number of halogens is 1. The number of benzene rings is 3. The summed E-state index contributed by atoms with van der Waals surface area (Å²) in [5, 5.41) is 12.9. The molecule has 168 valence electrons. The van der Waals surface area contributed by atoms with Crippen LogP contribution in [0.25, 0.3) is 22.6 Å². The predicted molar refractivity (Wildman–Crippen MR) is 124 cm³/mol. The highest BCUT2D eigenvalue weighted by atomic mass is 19.1. The summed E-state index contributed by atoms with van der Waals surface area (Å²) in [4.78, 5) is 21.3. The van der Waals surface area contributed by atoms with Gasteiger partial charge in [-0.15, -0.1) is 10.2 Å². The Bertz CT molecular complexity index is 1440. The van der Waals surface area contributed by atoms with Gasteiger partial charge in [0.1, 0.15) is 5.82 Å². The van der Waals surface area contributed by atoms with Crippen molar-refractivity contribution in [2.24, 2.45) is 0 Å². The molecule has 0 fully saturated rings. The van der Waals surface area contributed by atoms with Gasteiger partial charge in [-0.1, -0.05) is 42.5 Å². The van der Waals surface area contributed by atoms with Crippen molar-refractivity contribution < 1.29 is 13.9 Å². The lowest BCUT2D eigenvalue weighted by atomic mass is 10.1. The Morgan fingerprint density at radius 3 is 2.44 bits per heavy atom. The van der Waals surface area contributed by atoms with E-state index in [1.54, 1.807) is 12.1 Å². The maximum atomic E-state index is 14.4. The van der Waals surface area contributed by atoms with Crippen molar-refractivity contribution in [3.63, 3.8) is 0 Å². The number of hydrogen-bond acceptors (Lipinski definition) is 6. The molecule has 0 atom stereocenters. The molecule has 0 aliphatic rings. The number of H-pyrrole nitrogens is 1. The van der Waals surface area contributed by atoms with Crippen LogP contribution in [-0.2, 0) is 18.0 Å². The average Bonchev–Trinajstić information content (AvgIpc) is 3.34. The first kappa shape index (κ1) is 21.4. The second kappa shape index (κ2) is 9.55. The summed E-state index contributed by atoms with van der Waals surface area (Å²) in [5.41, 5.74) is 4.20. The maximum absolute atomic E-state index is 14.4. The van der Waals surface area contributed by atoms with Crippen LogP contribution < -0.4 is 5.32 Å². The molecule has 3 aromatic carbocycles. The maximum Gasteiger partial charge on any atom is 0.258 e. The van der Waals surface area contributed by atoms with E-state index in [0.717, 1.165) is 11.1 Å². The largest absolute Gasteiger partial charge is 0.372 e. The highest BCUT2D eigenvalue weighted by Crippen LogP contribution is 2.22. The van der Waals surface area contributed by atoms with Crippen LogP contribution in [0.15, 0.2) is 79.0 Å². The van der Waals surface area contributed by atoms with Crippen LogP contribution in [0.5, 0.6) is 0 Å². The fourth-order valence-corrected chi connectivity index (χ4v) is 3.39. The number of ether oxygens (including phenoxy) is 1. The molecular formula is C25H19FN6O2. The molecule has 5 rings (SSSR count). The van der Waals surface area contributed by atoms with E-state index >= 15 is 0 Å². The second-order valence-corrected chi connectivity index (χ2v) is 7.55. The molecule has 2 N–H and O–H groups in total. The van der Waals surface area contributed by atoms with Gasteiger partial charge in [0.15, 0.2) is 0 Å². The van der Waals surface area contributed by atoms with Crippen LogP contribution >= 0.6 is 0 Å². The predicted octanol–water partition coefficient (Wildman–Crippen LogP) is 4.52. The van der Waals surface area contributed by atoms with E-state index in [-0.39, 0.29) is 5.56 Å². The number of anilines is 1. The number of carbonyl (C=O) groups is 1. The molecule has 0 unspecified atom stereocenters. The van der Waals surface area contributed by atoms with Crippen molar-refractivity contribution in [1.29, 1.82) is 0 Å². The van der Waals surface area contributed by atoms with E-state index in [0.29, 0.717) is 41.5 Å². The summed E-state index contributed by atoms with van der Waals surface area (Å²) in [6.07, 6.45) is 1.50. The lowest BCUT2D eigenvalue weighted by Gasteiger charge is -2.09. The van der Waals surface area contributed by atoms with Gasteiger partial charge in [0.25, 0.3) is 5.91 Å². The molecule has 5 aromatic rings. The number of fused-ring (bicyclic) bond motifs is 1. The fraction of sp³-hybridized carbons (Fsp3) is 0.0800. The molecule has 1 amide bonds. The number of aromatic nitrogens is 5. The quantitative estimate of drug-likeness (QED) is 0.375. The average molecular weight is 454 g/mol. The zero-order chi connectivity index (χ0) is 23.3. The highest BCUT2D eigenvalue weighted by Gasteiger charge is 2.15. The van der Waals surface area contributed by atoms with Crippen LogP contribution in [-0.4, -0.2) is 31.3 Å². The van der Waals surface area contributed by atoms with Crippen molar-refractivity contribution in [3.05, 3.63) is 102 Å². The zero-order valence-corrected chi connectivity index (χ0v) is 17.9. The van der Waals surface area contributed by atoms with E-state index in [1.165, 1.54) is 24.4 Å². The van der Waals surface area contributed by atoms with E-state index in [9.17, 15) is 9.18 Å². The molecule has 0 aliphatic heterocycles. The van der Waals surface area contributed by atoms with Gasteiger partial charge in [-0.05, 0) is 41.5 Å². The first-order valence-corrected chi connectivity index (χ1v) is 10.5. The number of carbonyl (C=O) groups excluding carboxylic acids is 1. The lowest BCUT2D eigenvalue weighted by Crippen LogP contribution is -2.14. The van der Waals surface area contributed by atoms with E-state index < -0.39 is 11.7 Å². The first-order valence-electron chi connectivity index (χ1n) is 10.5. The van der Waals surface area contributed by atoms with Gasteiger partial charge in [-0.25, -0.2) is 14.4 Å². The third kappa shape index (κ3) is 4.79. The molecule has 2 aromatic heterocycles. The molecule has 0 spiro atoms. The SMILES string of the molecule is O=C(Nc1ccc(COCc2ccccc2)cc1)c1cc(-c2cnc3n[nH]nc3n2)ccc1F. The molecule has 0 aliphatic carbocycles. The van der Waals surface area contributed by atoms with Gasteiger partial charge in [0.05, 0.1) is 30.7 Å². The fourth-order valence-electron chi connectivity index (χ4n) is 3.39.